The number of piperidine rings is 1. The zero-order valence-electron chi connectivity index (χ0n) is 10.4. The van der Waals surface area contributed by atoms with Gasteiger partial charge < -0.3 is 11.1 Å². The molecule has 0 spiro atoms. The van der Waals surface area contributed by atoms with Gasteiger partial charge in [0.2, 0.25) is 5.91 Å². The lowest BCUT2D eigenvalue weighted by atomic mass is 10.0. The predicted molar refractivity (Wildman–Crippen MR) is 67.8 cm³/mol. The number of pyridine rings is 1. The molecule has 0 aromatic carbocycles. The molecule has 1 aromatic rings. The van der Waals surface area contributed by atoms with E-state index in [9.17, 15) is 9.59 Å². The summed E-state index contributed by atoms with van der Waals surface area (Å²) >= 11 is 0. The number of likely N-dealkylation sites (tertiary alicyclic amines) is 1. The van der Waals surface area contributed by atoms with Crippen molar-refractivity contribution in [2.45, 2.75) is 18.9 Å². The van der Waals surface area contributed by atoms with Crippen molar-refractivity contribution >= 4 is 23.3 Å². The number of anilines is 2. The second kappa shape index (κ2) is 4.94. The second-order valence-corrected chi connectivity index (χ2v) is 4.26. The Bertz CT molecular complexity index is 578. The molecule has 7 heteroatoms. The van der Waals surface area contributed by atoms with E-state index >= 15 is 0 Å². The van der Waals surface area contributed by atoms with Gasteiger partial charge in [0, 0.05) is 19.7 Å². The molecule has 98 valence electrons. The number of rotatable bonds is 2. The molecule has 3 N–H and O–H groups in total. The average molecular weight is 259 g/mol. The van der Waals surface area contributed by atoms with Crippen LogP contribution in [0.4, 0.5) is 11.5 Å². The maximum atomic E-state index is 11.9. The first-order valence-corrected chi connectivity index (χ1v) is 5.76. The lowest BCUT2D eigenvalue weighted by molar-refractivity contribution is -0.146. The summed E-state index contributed by atoms with van der Waals surface area (Å²) in [6.07, 6.45) is 2.12. The van der Waals surface area contributed by atoms with Crippen LogP contribution >= 0.6 is 0 Å². The van der Waals surface area contributed by atoms with Crippen molar-refractivity contribution in [2.75, 3.05) is 18.1 Å². The van der Waals surface area contributed by atoms with Gasteiger partial charge in [0.15, 0.2) is 5.82 Å². The highest BCUT2D eigenvalue weighted by Crippen LogP contribution is 2.22. The number of aromatic nitrogens is 1. The summed E-state index contributed by atoms with van der Waals surface area (Å²) in [5.74, 6) is -0.227. The molecular weight excluding hydrogens is 246 g/mol. The van der Waals surface area contributed by atoms with Gasteiger partial charge >= 0.3 is 0 Å². The smallest absolute Gasteiger partial charge is 0.251 e. The molecule has 1 aromatic heterocycles. The van der Waals surface area contributed by atoms with Crippen LogP contribution in [0.5, 0.6) is 0 Å². The largest absolute Gasteiger partial charge is 0.395 e. The minimum absolute atomic E-state index is 0.199. The van der Waals surface area contributed by atoms with E-state index in [1.807, 2.05) is 6.07 Å². The van der Waals surface area contributed by atoms with Crippen LogP contribution in [0.3, 0.4) is 0 Å². The van der Waals surface area contributed by atoms with Crippen molar-refractivity contribution in [2.24, 2.45) is 0 Å². The molecule has 1 aliphatic heterocycles. The number of likely N-dealkylation sites (N-methyl/N-ethyl adjacent to an activating group) is 1. The van der Waals surface area contributed by atoms with Crippen LogP contribution in [0.25, 0.3) is 0 Å². The first kappa shape index (κ1) is 12.8. The van der Waals surface area contributed by atoms with E-state index in [0.29, 0.717) is 17.8 Å². The fourth-order valence-electron chi connectivity index (χ4n) is 1.90. The predicted octanol–water partition coefficient (Wildman–Crippen LogP) is 0.0948. The maximum absolute atomic E-state index is 11.9. The van der Waals surface area contributed by atoms with Crippen LogP contribution in [0.2, 0.25) is 0 Å². The first-order valence-electron chi connectivity index (χ1n) is 5.76. The zero-order chi connectivity index (χ0) is 14.0. The van der Waals surface area contributed by atoms with E-state index in [0.717, 1.165) is 4.90 Å². The highest BCUT2D eigenvalue weighted by atomic mass is 16.2. The number of carbonyl (C=O) groups excluding carboxylic acids is 2. The SMILES string of the molecule is CN1C(=O)CCC(Nc2nccc(C#N)c2N)C1=O. The molecule has 1 fully saturated rings. The number of nitriles is 1. The highest BCUT2D eigenvalue weighted by Gasteiger charge is 2.32. The third-order valence-electron chi connectivity index (χ3n) is 3.07. The monoisotopic (exact) mass is 259 g/mol. The van der Waals surface area contributed by atoms with Crippen molar-refractivity contribution < 1.29 is 9.59 Å². The van der Waals surface area contributed by atoms with Crippen molar-refractivity contribution in [3.63, 3.8) is 0 Å². The topological polar surface area (TPSA) is 112 Å². The standard InChI is InChI=1S/C12H13N5O2/c1-17-9(18)3-2-8(12(17)19)16-11-10(14)7(6-13)4-5-15-11/h4-5,8H,2-3,14H2,1H3,(H,15,16). The van der Waals surface area contributed by atoms with Crippen molar-refractivity contribution in [1.82, 2.24) is 9.88 Å². The third-order valence-corrected chi connectivity index (χ3v) is 3.07. The van der Waals surface area contributed by atoms with Crippen LogP contribution in [-0.4, -0.2) is 34.8 Å². The lowest BCUT2D eigenvalue weighted by Crippen LogP contribution is -2.48. The van der Waals surface area contributed by atoms with Gasteiger partial charge in [-0.2, -0.15) is 5.26 Å². The molecule has 0 radical (unpaired) electrons. The number of amides is 2. The minimum atomic E-state index is -0.550. The summed E-state index contributed by atoms with van der Waals surface area (Å²) in [4.78, 5) is 28.4. The number of hydrogen-bond donors (Lipinski definition) is 2. The van der Waals surface area contributed by atoms with E-state index in [2.05, 4.69) is 10.3 Å². The molecule has 2 rings (SSSR count). The molecule has 0 bridgehead atoms. The summed E-state index contributed by atoms with van der Waals surface area (Å²) in [5, 5.41) is 11.8. The number of nitrogens with two attached hydrogens (primary N) is 1. The highest BCUT2D eigenvalue weighted by molar-refractivity contribution is 6.01. The van der Waals surface area contributed by atoms with E-state index in [4.69, 9.17) is 11.0 Å². The summed E-state index contributed by atoms with van der Waals surface area (Å²) in [5.41, 5.74) is 6.28. The average Bonchev–Trinajstić information content (AvgIpc) is 2.41. The van der Waals surface area contributed by atoms with Crippen LogP contribution < -0.4 is 11.1 Å². The number of hydrogen-bond acceptors (Lipinski definition) is 6. The molecule has 0 saturated carbocycles. The molecule has 19 heavy (non-hydrogen) atoms. The van der Waals surface area contributed by atoms with Gasteiger partial charge in [-0.15, -0.1) is 0 Å². The molecule has 1 saturated heterocycles. The van der Waals surface area contributed by atoms with Crippen LogP contribution in [-0.2, 0) is 9.59 Å². The molecule has 2 amide bonds. The fraction of sp³-hybridized carbons (Fsp3) is 0.333. The first-order chi connectivity index (χ1) is 9.04. The second-order valence-electron chi connectivity index (χ2n) is 4.26. The molecule has 2 heterocycles. The van der Waals surface area contributed by atoms with E-state index in [-0.39, 0.29) is 23.9 Å². The lowest BCUT2D eigenvalue weighted by Gasteiger charge is -2.28. The maximum Gasteiger partial charge on any atom is 0.251 e. The Morgan fingerprint density at radius 2 is 2.32 bits per heavy atom. The van der Waals surface area contributed by atoms with Crippen molar-refractivity contribution in [3.8, 4) is 6.07 Å². The summed E-state index contributed by atoms with van der Waals surface area (Å²) in [6.45, 7) is 0. The number of nitrogens with one attached hydrogen (secondary N) is 1. The van der Waals surface area contributed by atoms with Gasteiger partial charge in [-0.05, 0) is 12.5 Å². The summed E-state index contributed by atoms with van der Waals surface area (Å²) in [7, 11) is 1.45. The van der Waals surface area contributed by atoms with Crippen LogP contribution in [0.15, 0.2) is 12.3 Å². The van der Waals surface area contributed by atoms with Gasteiger partial charge in [0.1, 0.15) is 12.1 Å². The minimum Gasteiger partial charge on any atom is -0.395 e. The molecule has 1 aliphatic rings. The van der Waals surface area contributed by atoms with E-state index in [1.165, 1.54) is 19.3 Å². The number of imide groups is 1. The third kappa shape index (κ3) is 2.33. The van der Waals surface area contributed by atoms with Gasteiger partial charge in [0.25, 0.3) is 5.91 Å². The quantitative estimate of drug-likeness (QED) is 0.728. The van der Waals surface area contributed by atoms with E-state index in [1.54, 1.807) is 0 Å². The van der Waals surface area contributed by atoms with E-state index < -0.39 is 6.04 Å². The molecule has 1 atom stereocenters. The molecule has 7 nitrogen and oxygen atoms in total. The van der Waals surface area contributed by atoms with Crippen molar-refractivity contribution in [3.05, 3.63) is 17.8 Å². The Morgan fingerprint density at radius 1 is 1.58 bits per heavy atom. The fourth-order valence-corrected chi connectivity index (χ4v) is 1.90. The normalized spacial score (nSPS) is 19.2. The van der Waals surface area contributed by atoms with Crippen molar-refractivity contribution in [1.29, 1.82) is 5.26 Å². The van der Waals surface area contributed by atoms with Crippen LogP contribution in [0, 0.1) is 11.3 Å². The Labute approximate surface area is 110 Å². The number of nitrogen functional groups attached to an aromatic ring is 1. The van der Waals surface area contributed by atoms with Gasteiger partial charge in [0.05, 0.1) is 11.3 Å². The van der Waals surface area contributed by atoms with Gasteiger partial charge in [-0.25, -0.2) is 4.98 Å². The van der Waals surface area contributed by atoms with Crippen LogP contribution in [0.1, 0.15) is 18.4 Å². The Morgan fingerprint density at radius 3 is 3.00 bits per heavy atom. The Hall–Kier alpha value is -2.62. The zero-order valence-corrected chi connectivity index (χ0v) is 10.4. The molecule has 0 aliphatic carbocycles. The molecular formula is C12H13N5O2. The van der Waals surface area contributed by atoms with Gasteiger partial charge in [-0.3, -0.25) is 14.5 Å². The summed E-state index contributed by atoms with van der Waals surface area (Å²) in [6, 6.07) is 2.89. The summed E-state index contributed by atoms with van der Waals surface area (Å²) < 4.78 is 0. The molecule has 1 unspecified atom stereocenters. The number of carbonyl (C=O) groups is 2. The number of nitrogens with zero attached hydrogens (tertiary/aromatic N) is 3. The van der Waals surface area contributed by atoms with Gasteiger partial charge in [-0.1, -0.05) is 0 Å². The Balaban J connectivity index is 2.21. The Kier molecular flexibility index (Phi) is 3.33.